The monoisotopic (exact) mass is 549 g/mol. The number of fused-ring (bicyclic) bond motifs is 2. The van der Waals surface area contributed by atoms with Gasteiger partial charge in [-0.1, -0.05) is 6.92 Å². The number of halogens is 4. The van der Waals surface area contributed by atoms with Gasteiger partial charge in [-0.15, -0.1) is 0 Å². The van der Waals surface area contributed by atoms with Crippen LogP contribution in [0.15, 0.2) is 30.5 Å². The van der Waals surface area contributed by atoms with Crippen LogP contribution in [0.1, 0.15) is 51.8 Å². The molecule has 2 amide bonds. The van der Waals surface area contributed by atoms with Gasteiger partial charge in [-0.25, -0.2) is 19.0 Å². The number of carbonyl (C=O) groups excluding carboxylic acids is 2. The molecule has 2 aliphatic rings. The molecule has 208 valence electrons. The summed E-state index contributed by atoms with van der Waals surface area (Å²) < 4.78 is 68.1. The molecule has 0 saturated carbocycles. The van der Waals surface area contributed by atoms with Gasteiger partial charge in [0.2, 0.25) is 6.10 Å². The van der Waals surface area contributed by atoms with Crippen molar-refractivity contribution in [2.24, 2.45) is 5.92 Å². The second-order valence-electron chi connectivity index (χ2n) is 10.8. The van der Waals surface area contributed by atoms with E-state index in [9.17, 15) is 27.2 Å². The topological polar surface area (TPSA) is 98.6 Å². The fourth-order valence-electron chi connectivity index (χ4n) is 5.12. The number of hydrogen-bond donors (Lipinski definition) is 1. The standard InChI is InChI=1S/C26H27F4N5O4/c1-13-12-34(24(37)39-25(2,3)4)10-8-17(13)35-18-6-5-14(27)11-16(18)20(33-35)15-7-9-31-22-19(15)21(26(28,29)30)38-23(36)32-22/h5-7,9,11,13,17,21H,8,10,12H2,1-4H3,(H,31,32,36)/t13-,17+,21-/m1/s1. The third-order valence-electron chi connectivity index (χ3n) is 6.74. The molecule has 5 rings (SSSR count). The maximum absolute atomic E-state index is 14.4. The lowest BCUT2D eigenvalue weighted by molar-refractivity contribution is -0.206. The van der Waals surface area contributed by atoms with Crippen molar-refractivity contribution in [3.63, 3.8) is 0 Å². The van der Waals surface area contributed by atoms with E-state index in [2.05, 4.69) is 15.0 Å². The van der Waals surface area contributed by atoms with Crippen LogP contribution in [0.3, 0.4) is 0 Å². The number of nitrogens with one attached hydrogen (secondary N) is 1. The van der Waals surface area contributed by atoms with E-state index in [1.54, 1.807) is 30.4 Å². The van der Waals surface area contributed by atoms with E-state index in [-0.39, 0.29) is 29.0 Å². The number of benzene rings is 1. The molecule has 39 heavy (non-hydrogen) atoms. The first kappa shape index (κ1) is 26.7. The Kier molecular flexibility index (Phi) is 6.42. The molecule has 1 aromatic carbocycles. The summed E-state index contributed by atoms with van der Waals surface area (Å²) in [6.45, 7) is 8.05. The van der Waals surface area contributed by atoms with Crippen LogP contribution in [-0.2, 0) is 9.47 Å². The van der Waals surface area contributed by atoms with E-state index in [4.69, 9.17) is 9.84 Å². The Balaban J connectivity index is 1.58. The lowest BCUT2D eigenvalue weighted by Gasteiger charge is -2.37. The highest BCUT2D eigenvalue weighted by Crippen LogP contribution is 2.47. The van der Waals surface area contributed by atoms with Gasteiger partial charge in [0.1, 0.15) is 22.9 Å². The summed E-state index contributed by atoms with van der Waals surface area (Å²) in [6.07, 6.45) is -7.45. The van der Waals surface area contributed by atoms with Crippen LogP contribution in [0.4, 0.5) is 33.0 Å². The highest BCUT2D eigenvalue weighted by Gasteiger charge is 2.49. The second-order valence-corrected chi connectivity index (χ2v) is 10.8. The Bertz CT molecular complexity index is 1450. The molecule has 0 spiro atoms. The van der Waals surface area contributed by atoms with E-state index in [0.29, 0.717) is 30.4 Å². The van der Waals surface area contributed by atoms with Crippen LogP contribution in [-0.4, -0.2) is 56.7 Å². The minimum atomic E-state index is -4.92. The first-order valence-electron chi connectivity index (χ1n) is 12.4. The largest absolute Gasteiger partial charge is 0.444 e. The maximum atomic E-state index is 14.4. The second kappa shape index (κ2) is 9.38. The zero-order valence-corrected chi connectivity index (χ0v) is 21.7. The molecule has 1 N–H and O–H groups in total. The lowest BCUT2D eigenvalue weighted by Crippen LogP contribution is -2.45. The van der Waals surface area contributed by atoms with Crippen molar-refractivity contribution in [1.82, 2.24) is 19.7 Å². The van der Waals surface area contributed by atoms with E-state index < -0.39 is 41.4 Å². The van der Waals surface area contributed by atoms with Crippen LogP contribution < -0.4 is 5.32 Å². The van der Waals surface area contributed by atoms with Gasteiger partial charge < -0.3 is 14.4 Å². The van der Waals surface area contributed by atoms with Gasteiger partial charge >= 0.3 is 18.4 Å². The number of piperidine rings is 1. The molecule has 3 aromatic rings. The number of cyclic esters (lactones) is 1. The summed E-state index contributed by atoms with van der Waals surface area (Å²) in [7, 11) is 0. The van der Waals surface area contributed by atoms with Gasteiger partial charge in [0.25, 0.3) is 0 Å². The number of nitrogens with zero attached hydrogens (tertiary/aromatic N) is 4. The van der Waals surface area contributed by atoms with Gasteiger partial charge in [0, 0.05) is 30.2 Å². The Labute approximate surface area is 221 Å². The number of pyridine rings is 1. The van der Waals surface area contributed by atoms with Gasteiger partial charge in [-0.3, -0.25) is 10.00 Å². The van der Waals surface area contributed by atoms with Crippen molar-refractivity contribution < 1.29 is 36.6 Å². The first-order chi connectivity index (χ1) is 18.2. The van der Waals surface area contributed by atoms with Crippen molar-refractivity contribution in [1.29, 1.82) is 0 Å². The summed E-state index contributed by atoms with van der Waals surface area (Å²) in [5.74, 6) is -0.996. The first-order valence-corrected chi connectivity index (χ1v) is 12.4. The average Bonchev–Trinajstić information content (AvgIpc) is 3.19. The van der Waals surface area contributed by atoms with Crippen molar-refractivity contribution in [2.45, 2.75) is 58.0 Å². The molecular weight excluding hydrogens is 522 g/mol. The Morgan fingerprint density at radius 1 is 1.21 bits per heavy atom. The number of carbonyl (C=O) groups is 2. The number of amides is 2. The third-order valence-corrected chi connectivity index (χ3v) is 6.74. The molecule has 0 bridgehead atoms. The minimum Gasteiger partial charge on any atom is -0.444 e. The number of ether oxygens (including phenoxy) is 2. The molecule has 13 heteroatoms. The molecule has 3 atom stereocenters. The quantitative estimate of drug-likeness (QED) is 0.381. The van der Waals surface area contributed by atoms with Gasteiger partial charge in [-0.05, 0) is 57.4 Å². The van der Waals surface area contributed by atoms with Gasteiger partial charge in [0.05, 0.1) is 17.1 Å². The molecular formula is C26H27F4N5O4. The Hall–Kier alpha value is -3.90. The van der Waals surface area contributed by atoms with Crippen molar-refractivity contribution >= 4 is 28.9 Å². The number of alkyl halides is 3. The molecule has 0 radical (unpaired) electrons. The normalized spacial score (nSPS) is 21.8. The van der Waals surface area contributed by atoms with Crippen LogP contribution in [0, 0.1) is 11.7 Å². The molecule has 2 aliphatic heterocycles. The SMILES string of the molecule is C[C@@H]1CN(C(=O)OC(C)(C)C)CC[C@@H]1n1nc(-c2ccnc3c2[C@H](C(F)(F)F)OC(=O)N3)c2cc(F)ccc21. The fourth-order valence-corrected chi connectivity index (χ4v) is 5.12. The van der Waals surface area contributed by atoms with Crippen LogP contribution in [0.25, 0.3) is 22.2 Å². The molecule has 1 fully saturated rings. The predicted octanol–water partition coefficient (Wildman–Crippen LogP) is 6.22. The predicted molar refractivity (Wildman–Crippen MR) is 132 cm³/mol. The fraction of sp³-hybridized carbons (Fsp3) is 0.462. The van der Waals surface area contributed by atoms with Crippen LogP contribution in [0.5, 0.6) is 0 Å². The van der Waals surface area contributed by atoms with E-state index in [1.165, 1.54) is 30.5 Å². The summed E-state index contributed by atoms with van der Waals surface area (Å²) in [4.78, 5) is 29.9. The number of likely N-dealkylation sites (tertiary alicyclic amines) is 1. The van der Waals surface area contributed by atoms with Crippen molar-refractivity contribution in [2.75, 3.05) is 18.4 Å². The lowest BCUT2D eigenvalue weighted by atomic mass is 9.94. The number of hydrogen-bond acceptors (Lipinski definition) is 6. The molecule has 1 saturated heterocycles. The minimum absolute atomic E-state index is 0.00974. The van der Waals surface area contributed by atoms with E-state index in [1.807, 2.05) is 6.92 Å². The maximum Gasteiger partial charge on any atom is 0.430 e. The van der Waals surface area contributed by atoms with Gasteiger partial charge in [-0.2, -0.15) is 18.3 Å². The summed E-state index contributed by atoms with van der Waals surface area (Å²) in [5, 5.41) is 7.20. The summed E-state index contributed by atoms with van der Waals surface area (Å²) >= 11 is 0. The van der Waals surface area contributed by atoms with Crippen LogP contribution >= 0.6 is 0 Å². The van der Waals surface area contributed by atoms with E-state index in [0.717, 1.165) is 0 Å². The van der Waals surface area contributed by atoms with Crippen molar-refractivity contribution in [3.05, 3.63) is 41.8 Å². The zero-order chi connectivity index (χ0) is 28.3. The Morgan fingerprint density at radius 3 is 2.62 bits per heavy atom. The third kappa shape index (κ3) is 5.09. The number of rotatable bonds is 2. The number of anilines is 1. The van der Waals surface area contributed by atoms with E-state index >= 15 is 0 Å². The molecule has 0 aliphatic carbocycles. The number of aromatic nitrogens is 3. The molecule has 0 unspecified atom stereocenters. The molecule has 4 heterocycles. The molecule has 9 nitrogen and oxygen atoms in total. The highest BCUT2D eigenvalue weighted by atomic mass is 19.4. The van der Waals surface area contributed by atoms with Gasteiger partial charge in [0.15, 0.2) is 0 Å². The highest BCUT2D eigenvalue weighted by molar-refractivity contribution is 5.97. The zero-order valence-electron chi connectivity index (χ0n) is 21.7. The average molecular weight is 550 g/mol. The Morgan fingerprint density at radius 2 is 1.95 bits per heavy atom. The molecule has 2 aromatic heterocycles. The van der Waals surface area contributed by atoms with Crippen LogP contribution in [0.2, 0.25) is 0 Å². The summed E-state index contributed by atoms with van der Waals surface area (Å²) in [5.41, 5.74) is -0.429. The van der Waals surface area contributed by atoms with Crippen molar-refractivity contribution in [3.8, 4) is 11.3 Å². The summed E-state index contributed by atoms with van der Waals surface area (Å²) in [6, 6.07) is 5.10. The smallest absolute Gasteiger partial charge is 0.430 e.